The van der Waals surface area contributed by atoms with Crippen LogP contribution in [0.1, 0.15) is 0 Å². The number of phenols is 1. The van der Waals surface area contributed by atoms with E-state index in [9.17, 15) is 5.11 Å². The van der Waals surface area contributed by atoms with Gasteiger partial charge in [-0.3, -0.25) is 4.40 Å². The number of phenolic OH excluding ortho intramolecular Hbond substituents is 1. The molecule has 4 aromatic rings. The number of imidazole rings is 1. The molecule has 1 aliphatic heterocycles. The van der Waals surface area contributed by atoms with Crippen molar-refractivity contribution >= 4 is 33.1 Å². The fourth-order valence-corrected chi connectivity index (χ4v) is 3.49. The topological polar surface area (TPSA) is 90.1 Å². The van der Waals surface area contributed by atoms with Gasteiger partial charge in [0.25, 0.3) is 0 Å². The van der Waals surface area contributed by atoms with Crippen LogP contribution in [0.5, 0.6) is 23.0 Å². The molecule has 9 heteroatoms. The Bertz CT molecular complexity index is 1240. The molecule has 0 saturated carbocycles. The van der Waals surface area contributed by atoms with E-state index in [2.05, 4.69) is 26.2 Å². The van der Waals surface area contributed by atoms with Crippen molar-refractivity contribution in [3.8, 4) is 34.3 Å². The zero-order valence-electron chi connectivity index (χ0n) is 15.2. The summed E-state index contributed by atoms with van der Waals surface area (Å²) in [6.45, 7) is 0.214. The van der Waals surface area contributed by atoms with Gasteiger partial charge in [0.1, 0.15) is 16.1 Å². The molecule has 29 heavy (non-hydrogen) atoms. The molecule has 0 bridgehead atoms. The zero-order chi connectivity index (χ0) is 20.0. The summed E-state index contributed by atoms with van der Waals surface area (Å²) in [4.78, 5) is 8.98. The molecule has 2 aromatic carbocycles. The first-order valence-electron chi connectivity index (χ1n) is 8.70. The van der Waals surface area contributed by atoms with E-state index in [-0.39, 0.29) is 12.5 Å². The third-order valence-corrected chi connectivity index (χ3v) is 4.98. The van der Waals surface area contributed by atoms with Gasteiger partial charge in [-0.15, -0.1) is 0 Å². The van der Waals surface area contributed by atoms with Gasteiger partial charge in [-0.1, -0.05) is 0 Å². The van der Waals surface area contributed by atoms with Gasteiger partial charge in [-0.2, -0.15) is 0 Å². The molecular formula is C20H15BrN4O4. The quantitative estimate of drug-likeness (QED) is 0.473. The third kappa shape index (κ3) is 3.09. The molecule has 0 radical (unpaired) electrons. The molecule has 3 heterocycles. The van der Waals surface area contributed by atoms with E-state index in [1.165, 1.54) is 7.11 Å². The van der Waals surface area contributed by atoms with Gasteiger partial charge in [0, 0.05) is 23.5 Å². The smallest absolute Gasteiger partial charge is 0.231 e. The Morgan fingerprint density at radius 2 is 2.03 bits per heavy atom. The maximum atomic E-state index is 9.94. The number of ether oxygens (including phenoxy) is 3. The Morgan fingerprint density at radius 1 is 1.17 bits per heavy atom. The molecule has 2 N–H and O–H groups in total. The zero-order valence-corrected chi connectivity index (χ0v) is 16.8. The van der Waals surface area contributed by atoms with Crippen LogP contribution in [-0.2, 0) is 0 Å². The first-order valence-corrected chi connectivity index (χ1v) is 9.49. The first kappa shape index (κ1) is 17.6. The van der Waals surface area contributed by atoms with E-state index >= 15 is 0 Å². The molecule has 0 spiro atoms. The van der Waals surface area contributed by atoms with Crippen molar-refractivity contribution in [3.05, 3.63) is 53.4 Å². The van der Waals surface area contributed by atoms with E-state index in [0.29, 0.717) is 33.2 Å². The second kappa shape index (κ2) is 6.85. The minimum Gasteiger partial charge on any atom is -0.504 e. The highest BCUT2D eigenvalue weighted by Gasteiger charge is 2.19. The number of methoxy groups -OCH3 is 1. The van der Waals surface area contributed by atoms with Crippen molar-refractivity contribution < 1.29 is 19.3 Å². The van der Waals surface area contributed by atoms with Crippen LogP contribution in [0.3, 0.4) is 0 Å². The van der Waals surface area contributed by atoms with E-state index in [4.69, 9.17) is 19.2 Å². The van der Waals surface area contributed by atoms with Crippen molar-refractivity contribution in [2.24, 2.45) is 0 Å². The third-order valence-electron chi connectivity index (χ3n) is 4.57. The molecule has 5 rings (SSSR count). The molecule has 146 valence electrons. The lowest BCUT2D eigenvalue weighted by atomic mass is 10.1. The number of aromatic nitrogens is 3. The molecule has 0 aliphatic carbocycles. The molecule has 2 aromatic heterocycles. The van der Waals surface area contributed by atoms with E-state index in [1.54, 1.807) is 24.4 Å². The average Bonchev–Trinajstić information content (AvgIpc) is 3.33. The molecule has 1 aliphatic rings. The number of aromatic hydroxyl groups is 1. The highest BCUT2D eigenvalue weighted by Crippen LogP contribution is 2.39. The predicted octanol–water partition coefficient (Wildman–Crippen LogP) is 4.35. The standard InChI is InChI=1S/C20H15BrN4O4/c1-27-15-6-11(2-4-13(15)26)19-20(25-9-17(21)22-8-18(25)24-19)23-12-3-5-14-16(7-12)29-10-28-14/h2-9,23,26H,10H2,1H3. The van der Waals surface area contributed by atoms with Crippen LogP contribution < -0.4 is 19.5 Å². The highest BCUT2D eigenvalue weighted by molar-refractivity contribution is 9.10. The van der Waals surface area contributed by atoms with Gasteiger partial charge in [-0.25, -0.2) is 9.97 Å². The monoisotopic (exact) mass is 454 g/mol. The Hall–Kier alpha value is -3.46. The van der Waals surface area contributed by atoms with E-state index in [0.717, 1.165) is 17.1 Å². The van der Waals surface area contributed by atoms with Crippen LogP contribution in [0.15, 0.2) is 53.4 Å². The molecular weight excluding hydrogens is 440 g/mol. The fourth-order valence-electron chi connectivity index (χ4n) is 3.19. The number of benzene rings is 2. The van der Waals surface area contributed by atoms with Crippen molar-refractivity contribution in [2.45, 2.75) is 0 Å². The minimum atomic E-state index is 0.0645. The van der Waals surface area contributed by atoms with Crippen LogP contribution >= 0.6 is 15.9 Å². The molecule has 0 amide bonds. The SMILES string of the molecule is COc1cc(-c2nc3cnc(Br)cn3c2Nc2ccc3c(c2)OCO3)ccc1O. The fraction of sp³-hybridized carbons (Fsp3) is 0.100. The van der Waals surface area contributed by atoms with Crippen LogP contribution in [-0.4, -0.2) is 33.4 Å². The average molecular weight is 455 g/mol. The van der Waals surface area contributed by atoms with Crippen molar-refractivity contribution in [2.75, 3.05) is 19.2 Å². The van der Waals surface area contributed by atoms with Gasteiger partial charge in [0.15, 0.2) is 28.6 Å². The van der Waals surface area contributed by atoms with Gasteiger partial charge in [0.2, 0.25) is 6.79 Å². The summed E-state index contributed by atoms with van der Waals surface area (Å²) in [5, 5.41) is 13.4. The van der Waals surface area contributed by atoms with Gasteiger partial charge >= 0.3 is 0 Å². The molecule has 8 nitrogen and oxygen atoms in total. The number of rotatable bonds is 4. The molecule has 0 fully saturated rings. The maximum absolute atomic E-state index is 9.94. The van der Waals surface area contributed by atoms with E-state index < -0.39 is 0 Å². The summed E-state index contributed by atoms with van der Waals surface area (Å²) >= 11 is 3.41. The summed E-state index contributed by atoms with van der Waals surface area (Å²) in [6.07, 6.45) is 3.51. The largest absolute Gasteiger partial charge is 0.504 e. The summed E-state index contributed by atoms with van der Waals surface area (Å²) in [5.41, 5.74) is 2.94. The highest BCUT2D eigenvalue weighted by atomic mass is 79.9. The number of nitrogens with zero attached hydrogens (tertiary/aromatic N) is 3. The number of anilines is 2. The second-order valence-electron chi connectivity index (χ2n) is 6.33. The number of hydrogen-bond acceptors (Lipinski definition) is 7. The Balaban J connectivity index is 1.66. The van der Waals surface area contributed by atoms with Crippen molar-refractivity contribution in [1.82, 2.24) is 14.4 Å². The number of hydrogen-bond donors (Lipinski definition) is 2. The summed E-state index contributed by atoms with van der Waals surface area (Å²) in [5.74, 6) is 2.56. The van der Waals surface area contributed by atoms with Crippen LogP contribution in [0.25, 0.3) is 16.9 Å². The summed E-state index contributed by atoms with van der Waals surface area (Å²) in [7, 11) is 1.51. The minimum absolute atomic E-state index is 0.0645. The predicted molar refractivity (Wildman–Crippen MR) is 110 cm³/mol. The van der Waals surface area contributed by atoms with Gasteiger partial charge in [-0.05, 0) is 46.3 Å². The first-order chi connectivity index (χ1) is 14.1. The number of halogens is 1. The number of nitrogens with one attached hydrogen (secondary N) is 1. The van der Waals surface area contributed by atoms with Gasteiger partial charge < -0.3 is 24.6 Å². The lowest BCUT2D eigenvalue weighted by Gasteiger charge is -2.11. The molecule has 0 atom stereocenters. The van der Waals surface area contributed by atoms with E-state index in [1.807, 2.05) is 28.8 Å². The van der Waals surface area contributed by atoms with Crippen LogP contribution in [0, 0.1) is 0 Å². The number of fused-ring (bicyclic) bond motifs is 2. The molecule has 0 saturated heterocycles. The summed E-state index contributed by atoms with van der Waals surface area (Å²) < 4.78 is 18.7. The van der Waals surface area contributed by atoms with Crippen molar-refractivity contribution in [3.63, 3.8) is 0 Å². The van der Waals surface area contributed by atoms with Crippen molar-refractivity contribution in [1.29, 1.82) is 0 Å². The van der Waals surface area contributed by atoms with Gasteiger partial charge in [0.05, 0.1) is 13.3 Å². The maximum Gasteiger partial charge on any atom is 0.231 e. The Morgan fingerprint density at radius 3 is 2.90 bits per heavy atom. The Kier molecular flexibility index (Phi) is 4.17. The second-order valence-corrected chi connectivity index (χ2v) is 7.14. The lowest BCUT2D eigenvalue weighted by Crippen LogP contribution is -1.98. The Labute approximate surface area is 173 Å². The lowest BCUT2D eigenvalue weighted by molar-refractivity contribution is 0.174. The normalized spacial score (nSPS) is 12.3. The van der Waals surface area contributed by atoms with Crippen LogP contribution in [0.2, 0.25) is 0 Å². The summed E-state index contributed by atoms with van der Waals surface area (Å²) in [6, 6.07) is 10.7. The van der Waals surface area contributed by atoms with Crippen LogP contribution in [0.4, 0.5) is 11.5 Å². The molecule has 0 unspecified atom stereocenters.